The van der Waals surface area contributed by atoms with Crippen LogP contribution < -0.4 is 9.62 Å². The molecule has 7 heteroatoms. The van der Waals surface area contributed by atoms with Crippen molar-refractivity contribution in [1.82, 2.24) is 0 Å². The number of anilines is 2. The molecule has 1 heterocycles. The number of nitrogens with one attached hydrogen (secondary N) is 1. The molecule has 0 aliphatic rings. The Morgan fingerprint density at radius 2 is 1.68 bits per heavy atom. The molecule has 0 aliphatic heterocycles. The first-order valence-electron chi connectivity index (χ1n) is 8.86. The standard InChI is InChI=1S/C21H22N2O3S2/c1-4-16-7-11-18(12-8-16)23(3)28(25,26)19-13-14-27-20(19)21(24)22-17-9-5-15(2)6-10-17/h5-14H,4H2,1-3H3,(H,22,24). The number of thiophene rings is 1. The Kier molecular flexibility index (Phi) is 5.86. The molecule has 146 valence electrons. The summed E-state index contributed by atoms with van der Waals surface area (Å²) in [6.45, 7) is 4.00. The number of rotatable bonds is 6. The van der Waals surface area contributed by atoms with Crippen LogP contribution in [0.3, 0.4) is 0 Å². The molecule has 0 bridgehead atoms. The zero-order chi connectivity index (χ0) is 20.3. The summed E-state index contributed by atoms with van der Waals surface area (Å²) in [5.74, 6) is -0.438. The van der Waals surface area contributed by atoms with Crippen LogP contribution in [-0.2, 0) is 16.4 Å². The van der Waals surface area contributed by atoms with Gasteiger partial charge in [-0.3, -0.25) is 9.10 Å². The van der Waals surface area contributed by atoms with Gasteiger partial charge < -0.3 is 5.32 Å². The Bertz CT molecular complexity index is 1070. The van der Waals surface area contributed by atoms with Crippen molar-refractivity contribution in [2.45, 2.75) is 25.2 Å². The van der Waals surface area contributed by atoms with E-state index < -0.39 is 15.9 Å². The van der Waals surface area contributed by atoms with Gasteiger partial charge in [-0.2, -0.15) is 0 Å². The van der Waals surface area contributed by atoms with E-state index in [1.54, 1.807) is 29.6 Å². The third kappa shape index (κ3) is 4.10. The van der Waals surface area contributed by atoms with E-state index in [9.17, 15) is 13.2 Å². The molecule has 1 N–H and O–H groups in total. The molecule has 28 heavy (non-hydrogen) atoms. The quantitative estimate of drug-likeness (QED) is 0.636. The minimum atomic E-state index is -3.86. The third-order valence-corrected chi connectivity index (χ3v) is 7.36. The molecule has 0 fully saturated rings. The van der Waals surface area contributed by atoms with Crippen molar-refractivity contribution in [3.05, 3.63) is 76.0 Å². The van der Waals surface area contributed by atoms with Crippen LogP contribution in [0.5, 0.6) is 0 Å². The molecule has 0 atom stereocenters. The van der Waals surface area contributed by atoms with Gasteiger partial charge in [0.25, 0.3) is 15.9 Å². The Balaban J connectivity index is 1.87. The van der Waals surface area contributed by atoms with Gasteiger partial charge >= 0.3 is 0 Å². The third-order valence-electron chi connectivity index (χ3n) is 4.49. The van der Waals surface area contributed by atoms with E-state index >= 15 is 0 Å². The summed E-state index contributed by atoms with van der Waals surface area (Å²) in [4.78, 5) is 12.9. The summed E-state index contributed by atoms with van der Waals surface area (Å²) in [6.07, 6.45) is 0.880. The molecule has 3 rings (SSSR count). The summed E-state index contributed by atoms with van der Waals surface area (Å²) in [5.41, 5.74) is 3.38. The molecule has 0 saturated heterocycles. The van der Waals surface area contributed by atoms with Crippen molar-refractivity contribution >= 4 is 38.6 Å². The summed E-state index contributed by atoms with van der Waals surface area (Å²) in [7, 11) is -2.36. The van der Waals surface area contributed by atoms with Crippen molar-refractivity contribution in [3.8, 4) is 0 Å². The predicted molar refractivity (Wildman–Crippen MR) is 115 cm³/mol. The molecular weight excluding hydrogens is 392 g/mol. The molecule has 1 aromatic heterocycles. The number of benzene rings is 2. The average Bonchev–Trinajstić information content (AvgIpc) is 3.20. The van der Waals surface area contributed by atoms with E-state index in [0.717, 1.165) is 28.9 Å². The van der Waals surface area contributed by atoms with Gasteiger partial charge in [-0.05, 0) is 54.6 Å². The molecule has 0 aliphatic carbocycles. The fourth-order valence-corrected chi connectivity index (χ4v) is 5.21. The van der Waals surface area contributed by atoms with E-state index in [4.69, 9.17) is 0 Å². The maximum Gasteiger partial charge on any atom is 0.267 e. The number of carbonyl (C=O) groups is 1. The van der Waals surface area contributed by atoms with E-state index in [2.05, 4.69) is 5.32 Å². The van der Waals surface area contributed by atoms with E-state index in [1.165, 1.54) is 17.4 Å². The van der Waals surface area contributed by atoms with Crippen LogP contribution in [0.15, 0.2) is 64.9 Å². The first-order chi connectivity index (χ1) is 13.3. The maximum absolute atomic E-state index is 13.1. The minimum absolute atomic E-state index is 0.00387. The second kappa shape index (κ2) is 8.16. The monoisotopic (exact) mass is 414 g/mol. The number of amides is 1. The first kappa shape index (κ1) is 20.1. The van der Waals surface area contributed by atoms with E-state index in [1.807, 2.05) is 38.1 Å². The molecule has 0 saturated carbocycles. The molecule has 5 nitrogen and oxygen atoms in total. The average molecular weight is 415 g/mol. The molecule has 3 aromatic rings. The molecule has 2 aromatic carbocycles. The first-order valence-corrected chi connectivity index (χ1v) is 11.2. The van der Waals surface area contributed by atoms with Gasteiger partial charge in [-0.25, -0.2) is 8.42 Å². The van der Waals surface area contributed by atoms with Crippen molar-refractivity contribution in [1.29, 1.82) is 0 Å². The number of hydrogen-bond donors (Lipinski definition) is 1. The van der Waals surface area contributed by atoms with Gasteiger partial charge in [0.05, 0.1) is 5.69 Å². The smallest absolute Gasteiger partial charge is 0.267 e. The lowest BCUT2D eigenvalue weighted by Crippen LogP contribution is -2.28. The molecule has 0 radical (unpaired) electrons. The highest BCUT2D eigenvalue weighted by molar-refractivity contribution is 7.93. The van der Waals surface area contributed by atoms with Gasteiger partial charge in [-0.15, -0.1) is 11.3 Å². The Morgan fingerprint density at radius 3 is 2.29 bits per heavy atom. The van der Waals surface area contributed by atoms with E-state index in [-0.39, 0.29) is 9.77 Å². The van der Waals surface area contributed by atoms with Gasteiger partial charge in [0.1, 0.15) is 9.77 Å². The van der Waals surface area contributed by atoms with Crippen LogP contribution in [0, 0.1) is 6.92 Å². The summed E-state index contributed by atoms with van der Waals surface area (Å²) in [5, 5.41) is 4.38. The summed E-state index contributed by atoms with van der Waals surface area (Å²) in [6, 6.07) is 16.2. The normalized spacial score (nSPS) is 11.2. The van der Waals surface area contributed by atoms with Crippen molar-refractivity contribution < 1.29 is 13.2 Å². The lowest BCUT2D eigenvalue weighted by atomic mass is 10.1. The highest BCUT2D eigenvalue weighted by Crippen LogP contribution is 2.29. The zero-order valence-corrected chi connectivity index (χ0v) is 17.6. The fraction of sp³-hybridized carbons (Fsp3) is 0.190. The highest BCUT2D eigenvalue weighted by Gasteiger charge is 2.28. The van der Waals surface area contributed by atoms with Crippen LogP contribution in [-0.4, -0.2) is 21.4 Å². The van der Waals surface area contributed by atoms with Crippen molar-refractivity contribution in [2.75, 3.05) is 16.7 Å². The van der Waals surface area contributed by atoms with Gasteiger partial charge in [0.15, 0.2) is 0 Å². The minimum Gasteiger partial charge on any atom is -0.321 e. The molecule has 0 spiro atoms. The second-order valence-corrected chi connectivity index (χ2v) is 9.28. The van der Waals surface area contributed by atoms with E-state index in [0.29, 0.717) is 11.4 Å². The second-order valence-electron chi connectivity index (χ2n) is 6.43. The SMILES string of the molecule is CCc1ccc(N(C)S(=O)(=O)c2ccsc2C(=O)Nc2ccc(C)cc2)cc1. The Labute approximate surface area is 169 Å². The Morgan fingerprint density at radius 1 is 1.04 bits per heavy atom. The number of sulfonamides is 1. The highest BCUT2D eigenvalue weighted by atomic mass is 32.2. The van der Waals surface area contributed by atoms with Crippen LogP contribution >= 0.6 is 11.3 Å². The molecular formula is C21H22N2O3S2. The Hall–Kier alpha value is -2.64. The van der Waals surface area contributed by atoms with Gasteiger partial charge in [0, 0.05) is 12.7 Å². The summed E-state index contributed by atoms with van der Waals surface area (Å²) < 4.78 is 27.5. The maximum atomic E-state index is 13.1. The van der Waals surface area contributed by atoms with Crippen LogP contribution in [0.4, 0.5) is 11.4 Å². The number of carbonyl (C=O) groups excluding carboxylic acids is 1. The van der Waals surface area contributed by atoms with Gasteiger partial charge in [0.2, 0.25) is 0 Å². The van der Waals surface area contributed by atoms with Crippen LogP contribution in [0.2, 0.25) is 0 Å². The van der Waals surface area contributed by atoms with Crippen LogP contribution in [0.25, 0.3) is 0 Å². The molecule has 0 unspecified atom stereocenters. The largest absolute Gasteiger partial charge is 0.321 e. The number of nitrogens with zero attached hydrogens (tertiary/aromatic N) is 1. The lowest BCUT2D eigenvalue weighted by Gasteiger charge is -2.20. The number of hydrogen-bond acceptors (Lipinski definition) is 4. The van der Waals surface area contributed by atoms with Crippen molar-refractivity contribution in [3.63, 3.8) is 0 Å². The predicted octanol–water partition coefficient (Wildman–Crippen LogP) is 4.70. The fourth-order valence-electron chi connectivity index (χ4n) is 2.72. The van der Waals surface area contributed by atoms with Gasteiger partial charge in [-0.1, -0.05) is 36.8 Å². The summed E-state index contributed by atoms with van der Waals surface area (Å²) >= 11 is 1.11. The number of aryl methyl sites for hydroxylation is 2. The van der Waals surface area contributed by atoms with Crippen LogP contribution in [0.1, 0.15) is 27.7 Å². The topological polar surface area (TPSA) is 66.5 Å². The van der Waals surface area contributed by atoms with Crippen molar-refractivity contribution in [2.24, 2.45) is 0 Å². The lowest BCUT2D eigenvalue weighted by molar-refractivity contribution is 0.102. The molecule has 1 amide bonds. The zero-order valence-electron chi connectivity index (χ0n) is 16.0.